The Morgan fingerprint density at radius 1 is 0.929 bits per heavy atom. The van der Waals surface area contributed by atoms with Crippen molar-refractivity contribution in [1.29, 1.82) is 0 Å². The maximum Gasteiger partial charge on any atom is 0.240 e. The van der Waals surface area contributed by atoms with Gasteiger partial charge in [0.15, 0.2) is 5.76 Å². The molecule has 0 aliphatic heterocycles. The second kappa shape index (κ2) is 8.10. The van der Waals surface area contributed by atoms with Crippen molar-refractivity contribution in [3.8, 4) is 22.8 Å². The Morgan fingerprint density at radius 3 is 2.43 bits per heavy atom. The summed E-state index contributed by atoms with van der Waals surface area (Å²) >= 11 is 1.62. The van der Waals surface area contributed by atoms with Gasteiger partial charge in [0.25, 0.3) is 0 Å². The van der Waals surface area contributed by atoms with Crippen LogP contribution in [0.15, 0.2) is 87.6 Å². The fourth-order valence-electron chi connectivity index (χ4n) is 2.77. The average molecular weight is 411 g/mol. The van der Waals surface area contributed by atoms with Crippen LogP contribution in [0, 0.1) is 0 Å². The Hall–Kier alpha value is -2.74. The summed E-state index contributed by atoms with van der Waals surface area (Å²) in [5, 5.41) is 1.98. The summed E-state index contributed by atoms with van der Waals surface area (Å²) in [5.41, 5.74) is 1.66. The van der Waals surface area contributed by atoms with Crippen LogP contribution >= 0.6 is 11.3 Å². The molecular formula is C21H18N2O3S2. The Kier molecular flexibility index (Phi) is 5.38. The first-order chi connectivity index (χ1) is 13.6. The first kappa shape index (κ1) is 18.6. The van der Waals surface area contributed by atoms with Gasteiger partial charge in [-0.1, -0.05) is 36.4 Å². The molecule has 2 aromatic heterocycles. The third-order valence-electron chi connectivity index (χ3n) is 4.22. The van der Waals surface area contributed by atoms with Crippen molar-refractivity contribution >= 4 is 21.4 Å². The standard InChI is InChI=1S/C21H18N2O3S2/c24-28(25,23-13-12-18-7-4-14-27-18)19-10-8-17(9-11-19)21-22-15-20(26-21)16-5-2-1-3-6-16/h1-11,14-15,23H,12-13H2. The molecule has 0 radical (unpaired) electrons. The molecule has 0 spiro atoms. The molecule has 142 valence electrons. The van der Waals surface area contributed by atoms with E-state index in [1.54, 1.807) is 41.8 Å². The summed E-state index contributed by atoms with van der Waals surface area (Å²) < 4.78 is 33.4. The van der Waals surface area contributed by atoms with E-state index in [-0.39, 0.29) is 4.90 Å². The van der Waals surface area contributed by atoms with Crippen molar-refractivity contribution < 1.29 is 12.8 Å². The lowest BCUT2D eigenvalue weighted by molar-refractivity contribution is 0.581. The van der Waals surface area contributed by atoms with Crippen molar-refractivity contribution in [3.63, 3.8) is 0 Å². The third-order valence-corrected chi connectivity index (χ3v) is 6.63. The van der Waals surface area contributed by atoms with Gasteiger partial charge in [0.2, 0.25) is 15.9 Å². The van der Waals surface area contributed by atoms with Crippen molar-refractivity contribution in [2.75, 3.05) is 6.54 Å². The highest BCUT2D eigenvalue weighted by molar-refractivity contribution is 7.89. The molecule has 0 amide bonds. The smallest absolute Gasteiger partial charge is 0.240 e. The number of aromatic nitrogens is 1. The number of benzene rings is 2. The first-order valence-electron chi connectivity index (χ1n) is 8.75. The maximum atomic E-state index is 12.5. The molecule has 0 saturated carbocycles. The van der Waals surface area contributed by atoms with Crippen LogP contribution in [0.4, 0.5) is 0 Å². The Labute approximate surface area is 167 Å². The summed E-state index contributed by atoms with van der Waals surface area (Å²) in [6, 6.07) is 20.2. The van der Waals surface area contributed by atoms with Crippen LogP contribution in [0.5, 0.6) is 0 Å². The maximum absolute atomic E-state index is 12.5. The monoisotopic (exact) mass is 410 g/mol. The van der Waals surface area contributed by atoms with Gasteiger partial charge in [-0.2, -0.15) is 0 Å². The quantitative estimate of drug-likeness (QED) is 0.484. The minimum absolute atomic E-state index is 0.220. The molecule has 2 heterocycles. The van der Waals surface area contributed by atoms with Crippen LogP contribution < -0.4 is 4.72 Å². The molecule has 0 fully saturated rings. The van der Waals surface area contributed by atoms with Gasteiger partial charge in [-0.25, -0.2) is 18.1 Å². The molecule has 0 unspecified atom stereocenters. The molecule has 5 nitrogen and oxygen atoms in total. The highest BCUT2D eigenvalue weighted by atomic mass is 32.2. The minimum Gasteiger partial charge on any atom is -0.436 e. The van der Waals surface area contributed by atoms with E-state index in [0.717, 1.165) is 16.0 Å². The molecule has 0 bridgehead atoms. The van der Waals surface area contributed by atoms with E-state index in [1.807, 2.05) is 47.8 Å². The van der Waals surface area contributed by atoms with Gasteiger partial charge in [0.1, 0.15) is 0 Å². The second-order valence-electron chi connectivity index (χ2n) is 6.15. The van der Waals surface area contributed by atoms with Gasteiger partial charge >= 0.3 is 0 Å². The van der Waals surface area contributed by atoms with E-state index >= 15 is 0 Å². The summed E-state index contributed by atoms with van der Waals surface area (Å²) in [6.07, 6.45) is 2.34. The number of hydrogen-bond acceptors (Lipinski definition) is 5. The molecule has 7 heteroatoms. The average Bonchev–Trinajstić information content (AvgIpc) is 3.41. The van der Waals surface area contributed by atoms with Crippen LogP contribution in [-0.4, -0.2) is 19.9 Å². The highest BCUT2D eigenvalue weighted by Gasteiger charge is 2.15. The highest BCUT2D eigenvalue weighted by Crippen LogP contribution is 2.26. The predicted octanol–water partition coefficient (Wildman–Crippen LogP) is 4.59. The van der Waals surface area contributed by atoms with E-state index in [4.69, 9.17) is 4.42 Å². The Balaban J connectivity index is 1.45. The fourth-order valence-corrected chi connectivity index (χ4v) is 4.51. The lowest BCUT2D eigenvalue weighted by atomic mass is 10.2. The molecule has 0 atom stereocenters. The summed E-state index contributed by atoms with van der Waals surface area (Å²) in [7, 11) is -3.55. The molecule has 28 heavy (non-hydrogen) atoms. The predicted molar refractivity (Wildman–Crippen MR) is 111 cm³/mol. The zero-order chi connectivity index (χ0) is 19.4. The van der Waals surface area contributed by atoms with Crippen molar-refractivity contribution in [3.05, 3.63) is 83.2 Å². The third kappa shape index (κ3) is 4.22. The normalized spacial score (nSPS) is 11.6. The van der Waals surface area contributed by atoms with E-state index in [0.29, 0.717) is 24.6 Å². The number of sulfonamides is 1. The van der Waals surface area contributed by atoms with Gasteiger partial charge in [-0.15, -0.1) is 11.3 Å². The van der Waals surface area contributed by atoms with E-state index in [2.05, 4.69) is 9.71 Å². The van der Waals surface area contributed by atoms with Gasteiger partial charge in [-0.05, 0) is 42.1 Å². The van der Waals surface area contributed by atoms with Gasteiger partial charge in [0, 0.05) is 22.5 Å². The van der Waals surface area contributed by atoms with E-state index in [9.17, 15) is 8.42 Å². The molecule has 1 N–H and O–H groups in total. The molecule has 0 saturated heterocycles. The number of hydrogen-bond donors (Lipinski definition) is 1. The topological polar surface area (TPSA) is 72.2 Å². The summed E-state index contributed by atoms with van der Waals surface area (Å²) in [6.45, 7) is 0.366. The Bertz CT molecular complexity index is 1130. The number of oxazole rings is 1. The summed E-state index contributed by atoms with van der Waals surface area (Å²) in [4.78, 5) is 5.67. The molecule has 4 rings (SSSR count). The van der Waals surface area contributed by atoms with Crippen LogP contribution in [0.1, 0.15) is 4.88 Å². The lowest BCUT2D eigenvalue weighted by Gasteiger charge is -2.06. The number of thiophene rings is 1. The van der Waals surface area contributed by atoms with Crippen molar-refractivity contribution in [2.45, 2.75) is 11.3 Å². The van der Waals surface area contributed by atoms with Gasteiger partial charge in [0.05, 0.1) is 11.1 Å². The number of nitrogens with one attached hydrogen (secondary N) is 1. The number of nitrogens with zero attached hydrogens (tertiary/aromatic N) is 1. The molecule has 0 aliphatic carbocycles. The van der Waals surface area contributed by atoms with Crippen LogP contribution in [0.25, 0.3) is 22.8 Å². The fraction of sp³-hybridized carbons (Fsp3) is 0.0952. The zero-order valence-corrected chi connectivity index (χ0v) is 16.5. The van der Waals surface area contributed by atoms with Crippen LogP contribution in [0.3, 0.4) is 0 Å². The molecule has 2 aromatic carbocycles. The summed E-state index contributed by atoms with van der Waals surface area (Å²) in [5.74, 6) is 1.12. The van der Waals surface area contributed by atoms with Gasteiger partial charge < -0.3 is 4.42 Å². The van der Waals surface area contributed by atoms with E-state index in [1.165, 1.54) is 0 Å². The SMILES string of the molecule is O=S(=O)(NCCc1cccs1)c1ccc(-c2ncc(-c3ccccc3)o2)cc1. The van der Waals surface area contributed by atoms with Gasteiger partial charge in [-0.3, -0.25) is 0 Å². The Morgan fingerprint density at radius 2 is 1.71 bits per heavy atom. The lowest BCUT2D eigenvalue weighted by Crippen LogP contribution is -2.25. The molecule has 0 aliphatic rings. The zero-order valence-electron chi connectivity index (χ0n) is 14.9. The largest absolute Gasteiger partial charge is 0.436 e. The van der Waals surface area contributed by atoms with E-state index < -0.39 is 10.0 Å². The first-order valence-corrected chi connectivity index (χ1v) is 11.1. The molecular weight excluding hydrogens is 392 g/mol. The molecule has 4 aromatic rings. The van der Waals surface area contributed by atoms with Crippen LogP contribution in [0.2, 0.25) is 0 Å². The van der Waals surface area contributed by atoms with Crippen molar-refractivity contribution in [1.82, 2.24) is 9.71 Å². The van der Waals surface area contributed by atoms with Crippen molar-refractivity contribution in [2.24, 2.45) is 0 Å². The second-order valence-corrected chi connectivity index (χ2v) is 8.95. The number of rotatable bonds is 7. The van der Waals surface area contributed by atoms with Crippen LogP contribution in [-0.2, 0) is 16.4 Å². The minimum atomic E-state index is -3.55.